The summed E-state index contributed by atoms with van der Waals surface area (Å²) in [6.45, 7) is 7.64. The SMILES string of the molecule is Cc1ccc2c(=O)c(-c3nc(-c4ccccc4C)no3)cn(CC(=O)Nc3c(C)cccc3C)c2n1. The number of amides is 1. The van der Waals surface area contributed by atoms with Crippen molar-refractivity contribution in [1.29, 1.82) is 0 Å². The molecule has 0 aliphatic heterocycles. The molecule has 1 N–H and O–H groups in total. The third-order valence-corrected chi connectivity index (χ3v) is 6.16. The third kappa shape index (κ3) is 4.29. The van der Waals surface area contributed by atoms with Crippen molar-refractivity contribution >= 4 is 22.6 Å². The molecule has 0 radical (unpaired) electrons. The van der Waals surface area contributed by atoms with E-state index in [1.165, 1.54) is 0 Å². The van der Waals surface area contributed by atoms with Gasteiger partial charge in [-0.3, -0.25) is 9.59 Å². The molecular weight excluding hydrogens is 454 g/mol. The van der Waals surface area contributed by atoms with Gasteiger partial charge in [-0.25, -0.2) is 4.98 Å². The van der Waals surface area contributed by atoms with E-state index < -0.39 is 0 Å². The van der Waals surface area contributed by atoms with E-state index in [9.17, 15) is 9.59 Å². The van der Waals surface area contributed by atoms with Gasteiger partial charge in [0.15, 0.2) is 0 Å². The van der Waals surface area contributed by atoms with Gasteiger partial charge in [-0.05, 0) is 56.5 Å². The summed E-state index contributed by atoms with van der Waals surface area (Å²) in [5.74, 6) is 0.242. The zero-order valence-corrected chi connectivity index (χ0v) is 20.5. The maximum Gasteiger partial charge on any atom is 0.263 e. The fourth-order valence-corrected chi connectivity index (χ4v) is 4.24. The topological polar surface area (TPSA) is 103 Å². The number of anilines is 1. The number of hydrogen-bond acceptors (Lipinski definition) is 6. The lowest BCUT2D eigenvalue weighted by molar-refractivity contribution is -0.116. The third-order valence-electron chi connectivity index (χ3n) is 6.16. The van der Waals surface area contributed by atoms with Crippen molar-refractivity contribution in [3.8, 4) is 22.8 Å². The van der Waals surface area contributed by atoms with Gasteiger partial charge < -0.3 is 14.4 Å². The molecule has 5 aromatic rings. The molecule has 180 valence electrons. The molecule has 0 bridgehead atoms. The first-order valence-corrected chi connectivity index (χ1v) is 11.6. The van der Waals surface area contributed by atoms with Gasteiger partial charge in [-0.1, -0.05) is 47.6 Å². The lowest BCUT2D eigenvalue weighted by Crippen LogP contribution is -2.22. The molecule has 3 heterocycles. The van der Waals surface area contributed by atoms with E-state index in [2.05, 4.69) is 20.4 Å². The largest absolute Gasteiger partial charge is 0.333 e. The zero-order chi connectivity index (χ0) is 25.4. The molecule has 0 aliphatic rings. The molecule has 0 unspecified atom stereocenters. The first-order valence-electron chi connectivity index (χ1n) is 11.6. The molecule has 0 atom stereocenters. The number of benzene rings is 2. The molecule has 8 heteroatoms. The molecular formula is C28H25N5O3. The number of para-hydroxylation sites is 1. The number of fused-ring (bicyclic) bond motifs is 1. The van der Waals surface area contributed by atoms with Gasteiger partial charge in [0.2, 0.25) is 17.2 Å². The Morgan fingerprint density at radius 1 is 0.889 bits per heavy atom. The van der Waals surface area contributed by atoms with Gasteiger partial charge in [0.1, 0.15) is 17.8 Å². The van der Waals surface area contributed by atoms with Crippen molar-refractivity contribution < 1.29 is 9.32 Å². The highest BCUT2D eigenvalue weighted by molar-refractivity contribution is 5.93. The number of carbonyl (C=O) groups is 1. The van der Waals surface area contributed by atoms with Crippen molar-refractivity contribution in [3.05, 3.63) is 93.4 Å². The lowest BCUT2D eigenvalue weighted by Gasteiger charge is -2.14. The molecule has 36 heavy (non-hydrogen) atoms. The normalized spacial score (nSPS) is 11.1. The Bertz CT molecular complexity index is 1660. The highest BCUT2D eigenvalue weighted by atomic mass is 16.5. The fourth-order valence-electron chi connectivity index (χ4n) is 4.24. The maximum absolute atomic E-state index is 13.4. The van der Waals surface area contributed by atoms with E-state index >= 15 is 0 Å². The molecule has 0 fully saturated rings. The average molecular weight is 480 g/mol. The highest BCUT2D eigenvalue weighted by Gasteiger charge is 2.20. The monoisotopic (exact) mass is 479 g/mol. The first kappa shape index (κ1) is 23.2. The quantitative estimate of drug-likeness (QED) is 0.381. The molecule has 0 saturated carbocycles. The smallest absolute Gasteiger partial charge is 0.263 e. The van der Waals surface area contributed by atoms with Crippen LogP contribution in [0.3, 0.4) is 0 Å². The minimum atomic E-state index is -0.288. The Morgan fingerprint density at radius 3 is 2.36 bits per heavy atom. The molecule has 1 amide bonds. The van der Waals surface area contributed by atoms with Crippen LogP contribution in [0.2, 0.25) is 0 Å². The standard InChI is InChI=1S/C28H25N5O3/c1-16-8-5-6-11-20(16)26-31-28(36-32-26)22-14-33(27-21(25(22)35)13-12-19(4)29-27)15-23(34)30-24-17(2)9-7-10-18(24)3/h5-14H,15H2,1-4H3,(H,30,34). The second-order valence-corrected chi connectivity index (χ2v) is 8.88. The van der Waals surface area contributed by atoms with E-state index in [4.69, 9.17) is 4.52 Å². The summed E-state index contributed by atoms with van der Waals surface area (Å²) in [6, 6.07) is 17.0. The number of pyridine rings is 2. The number of nitrogens with zero attached hydrogens (tertiary/aromatic N) is 4. The van der Waals surface area contributed by atoms with E-state index in [-0.39, 0.29) is 29.3 Å². The number of rotatable bonds is 5. The van der Waals surface area contributed by atoms with Crippen molar-refractivity contribution in [1.82, 2.24) is 19.7 Å². The second-order valence-electron chi connectivity index (χ2n) is 8.88. The predicted octanol–water partition coefficient (Wildman–Crippen LogP) is 4.99. The number of aryl methyl sites for hydroxylation is 4. The molecule has 0 spiro atoms. The van der Waals surface area contributed by atoms with Gasteiger partial charge in [0, 0.05) is 23.1 Å². The summed E-state index contributed by atoms with van der Waals surface area (Å²) in [7, 11) is 0. The van der Waals surface area contributed by atoms with Gasteiger partial charge in [-0.15, -0.1) is 0 Å². The highest BCUT2D eigenvalue weighted by Crippen LogP contribution is 2.25. The van der Waals surface area contributed by atoms with Crippen LogP contribution in [0.25, 0.3) is 33.9 Å². The molecule has 0 aliphatic carbocycles. The van der Waals surface area contributed by atoms with E-state index in [1.807, 2.05) is 70.2 Å². The van der Waals surface area contributed by atoms with Crippen LogP contribution in [0.5, 0.6) is 0 Å². The predicted molar refractivity (Wildman–Crippen MR) is 139 cm³/mol. The summed E-state index contributed by atoms with van der Waals surface area (Å²) in [6.07, 6.45) is 1.57. The summed E-state index contributed by atoms with van der Waals surface area (Å²) in [5, 5.41) is 7.46. The van der Waals surface area contributed by atoms with Crippen LogP contribution in [0.1, 0.15) is 22.4 Å². The van der Waals surface area contributed by atoms with Crippen LogP contribution in [0.15, 0.2) is 70.1 Å². The molecule has 3 aromatic heterocycles. The van der Waals surface area contributed by atoms with E-state index in [1.54, 1.807) is 22.9 Å². The number of carbonyl (C=O) groups excluding carboxylic acids is 1. The summed E-state index contributed by atoms with van der Waals surface area (Å²) in [4.78, 5) is 35.5. The van der Waals surface area contributed by atoms with E-state index in [0.717, 1.165) is 33.6 Å². The maximum atomic E-state index is 13.4. The van der Waals surface area contributed by atoms with Crippen LogP contribution in [-0.2, 0) is 11.3 Å². The average Bonchev–Trinajstić information content (AvgIpc) is 3.33. The van der Waals surface area contributed by atoms with E-state index in [0.29, 0.717) is 16.9 Å². The van der Waals surface area contributed by atoms with Crippen molar-refractivity contribution in [2.75, 3.05) is 5.32 Å². The Kier molecular flexibility index (Phi) is 5.93. The van der Waals surface area contributed by atoms with Gasteiger partial charge in [-0.2, -0.15) is 4.98 Å². The number of hydrogen-bond donors (Lipinski definition) is 1. The minimum absolute atomic E-state index is 0.0488. The van der Waals surface area contributed by atoms with Crippen molar-refractivity contribution in [2.45, 2.75) is 34.2 Å². The fraction of sp³-hybridized carbons (Fsp3) is 0.179. The van der Waals surface area contributed by atoms with Crippen LogP contribution >= 0.6 is 0 Å². The molecule has 0 saturated heterocycles. The van der Waals surface area contributed by atoms with Crippen LogP contribution in [-0.4, -0.2) is 25.6 Å². The van der Waals surface area contributed by atoms with Gasteiger partial charge in [0.05, 0.1) is 5.39 Å². The van der Waals surface area contributed by atoms with Crippen molar-refractivity contribution in [2.24, 2.45) is 0 Å². The van der Waals surface area contributed by atoms with Crippen molar-refractivity contribution in [3.63, 3.8) is 0 Å². The van der Waals surface area contributed by atoms with Gasteiger partial charge in [0.25, 0.3) is 5.89 Å². The Labute approximate surface area is 207 Å². The molecule has 2 aromatic carbocycles. The van der Waals surface area contributed by atoms with Crippen LogP contribution in [0.4, 0.5) is 5.69 Å². The zero-order valence-electron chi connectivity index (χ0n) is 20.5. The molecule has 8 nitrogen and oxygen atoms in total. The molecule has 5 rings (SSSR count). The Morgan fingerprint density at radius 2 is 1.61 bits per heavy atom. The first-order chi connectivity index (χ1) is 17.3. The minimum Gasteiger partial charge on any atom is -0.333 e. The van der Waals surface area contributed by atoms with Gasteiger partial charge >= 0.3 is 0 Å². The van der Waals surface area contributed by atoms with Crippen LogP contribution < -0.4 is 10.7 Å². The lowest BCUT2D eigenvalue weighted by atomic mass is 10.1. The summed E-state index contributed by atoms with van der Waals surface area (Å²) >= 11 is 0. The summed E-state index contributed by atoms with van der Waals surface area (Å²) in [5.41, 5.74) is 5.59. The van der Waals surface area contributed by atoms with Crippen LogP contribution in [0, 0.1) is 27.7 Å². The summed E-state index contributed by atoms with van der Waals surface area (Å²) < 4.78 is 7.16. The Balaban J connectivity index is 1.58. The number of nitrogens with one attached hydrogen (secondary N) is 1. The Hall–Kier alpha value is -4.59. The second kappa shape index (κ2) is 9.22. The number of aromatic nitrogens is 4.